The highest BCUT2D eigenvalue weighted by Crippen LogP contribution is 2.26. The predicted octanol–water partition coefficient (Wildman–Crippen LogP) is 1.74. The number of ether oxygens (including phenoxy) is 1. The van der Waals surface area contributed by atoms with Crippen LogP contribution in [0.25, 0.3) is 17.2 Å². The first-order valence-electron chi connectivity index (χ1n) is 7.68. The van der Waals surface area contributed by atoms with E-state index in [1.807, 2.05) is 18.2 Å². The number of hydrogen-bond donors (Lipinski definition) is 2. The Bertz CT molecular complexity index is 934. The predicted molar refractivity (Wildman–Crippen MR) is 88.5 cm³/mol. The second-order valence-corrected chi connectivity index (χ2v) is 5.49. The standard InChI is InChI=1S/C16H16N6O2/c17-13-12-14-21-15(20-13)24-8-3-1-2-5-10-6-4-7-18-11(10)9-22(14)16(23)19-12/h2,4-7H,1,3,8-9H2,(H,19,23)(H2,17,20,21)/b5-2-. The molecule has 0 radical (unpaired) electrons. The minimum absolute atomic E-state index is 0.179. The van der Waals surface area contributed by atoms with Crippen LogP contribution in [-0.4, -0.2) is 36.2 Å². The highest BCUT2D eigenvalue weighted by Gasteiger charge is 2.18. The summed E-state index contributed by atoms with van der Waals surface area (Å²) in [5.74, 6) is 0.179. The lowest BCUT2D eigenvalue weighted by atomic mass is 10.1. The Labute approximate surface area is 137 Å². The zero-order valence-electron chi connectivity index (χ0n) is 12.9. The van der Waals surface area contributed by atoms with E-state index >= 15 is 0 Å². The van der Waals surface area contributed by atoms with Crippen LogP contribution in [0.3, 0.4) is 0 Å². The molecule has 1 aliphatic rings. The Balaban J connectivity index is 1.91. The molecule has 0 aliphatic carbocycles. The van der Waals surface area contributed by atoms with Crippen molar-refractivity contribution >= 4 is 23.1 Å². The normalized spacial score (nSPS) is 15.8. The van der Waals surface area contributed by atoms with E-state index in [-0.39, 0.29) is 17.8 Å². The number of anilines is 1. The number of allylic oxidation sites excluding steroid dienone is 1. The third-order valence-electron chi connectivity index (χ3n) is 3.86. The first-order chi connectivity index (χ1) is 11.7. The van der Waals surface area contributed by atoms with Crippen molar-refractivity contribution < 1.29 is 9.84 Å². The van der Waals surface area contributed by atoms with Gasteiger partial charge in [-0.05, 0) is 24.5 Å². The number of nitrogens with two attached hydrogens (primary N) is 1. The first-order valence-corrected chi connectivity index (χ1v) is 7.68. The fraction of sp³-hybridized carbons (Fsp3) is 0.250. The number of nitrogens with zero attached hydrogens (tertiary/aromatic N) is 5. The average molecular weight is 324 g/mol. The Hall–Kier alpha value is -3.16. The first kappa shape index (κ1) is 14.4. The molecular formula is C16H16N6O2. The molecule has 3 aromatic rings. The van der Waals surface area contributed by atoms with Gasteiger partial charge in [-0.3, -0.25) is 9.55 Å². The molecule has 0 saturated carbocycles. The fourth-order valence-electron chi connectivity index (χ4n) is 2.66. The van der Waals surface area contributed by atoms with Gasteiger partial charge in [-0.25, -0.2) is 0 Å². The Morgan fingerprint density at radius 1 is 1.25 bits per heavy atom. The second-order valence-electron chi connectivity index (χ2n) is 5.49. The molecule has 0 atom stereocenters. The molecule has 0 unspecified atom stereocenters. The number of aromatic hydroxyl groups is 1. The minimum atomic E-state index is -0.182. The quantitative estimate of drug-likeness (QED) is 0.647. The number of nitrogen functional groups attached to an aromatic ring is 1. The number of hydrogen-bond acceptors (Lipinski definition) is 7. The summed E-state index contributed by atoms with van der Waals surface area (Å²) >= 11 is 0. The van der Waals surface area contributed by atoms with Crippen molar-refractivity contribution in [2.45, 2.75) is 19.4 Å². The lowest BCUT2D eigenvalue weighted by molar-refractivity contribution is 0.289. The van der Waals surface area contributed by atoms with Crippen molar-refractivity contribution in [2.75, 3.05) is 12.3 Å². The van der Waals surface area contributed by atoms with E-state index < -0.39 is 0 Å². The maximum atomic E-state index is 10.2. The van der Waals surface area contributed by atoms with Crippen LogP contribution in [-0.2, 0) is 6.54 Å². The molecule has 0 saturated heterocycles. The van der Waals surface area contributed by atoms with E-state index in [9.17, 15) is 5.11 Å². The molecule has 0 amide bonds. The molecule has 0 fully saturated rings. The average Bonchev–Trinajstić information content (AvgIpc) is 2.89. The van der Waals surface area contributed by atoms with Gasteiger partial charge >= 0.3 is 6.01 Å². The van der Waals surface area contributed by atoms with Gasteiger partial charge in [0.05, 0.1) is 18.8 Å². The molecule has 8 nitrogen and oxygen atoms in total. The summed E-state index contributed by atoms with van der Waals surface area (Å²) < 4.78 is 7.13. The minimum Gasteiger partial charge on any atom is -0.480 e. The molecule has 0 spiro atoms. The largest absolute Gasteiger partial charge is 0.480 e. The van der Waals surface area contributed by atoms with Gasteiger partial charge in [0.1, 0.15) is 0 Å². The molecule has 122 valence electrons. The molecule has 1 aliphatic heterocycles. The molecule has 24 heavy (non-hydrogen) atoms. The van der Waals surface area contributed by atoms with Crippen LogP contribution in [0.15, 0.2) is 24.4 Å². The number of rotatable bonds is 0. The number of pyridine rings is 1. The van der Waals surface area contributed by atoms with Crippen LogP contribution < -0.4 is 10.5 Å². The van der Waals surface area contributed by atoms with Crippen LogP contribution in [0.2, 0.25) is 0 Å². The van der Waals surface area contributed by atoms with E-state index in [1.54, 1.807) is 10.8 Å². The Morgan fingerprint density at radius 3 is 3.08 bits per heavy atom. The van der Waals surface area contributed by atoms with Crippen LogP contribution in [0.5, 0.6) is 12.0 Å². The van der Waals surface area contributed by atoms with Crippen molar-refractivity contribution in [1.82, 2.24) is 24.5 Å². The third kappa shape index (κ3) is 2.51. The summed E-state index contributed by atoms with van der Waals surface area (Å²) in [5.41, 5.74) is 8.50. The van der Waals surface area contributed by atoms with Crippen LogP contribution in [0, 0.1) is 0 Å². The number of aromatic nitrogens is 5. The van der Waals surface area contributed by atoms with E-state index in [1.165, 1.54) is 0 Å². The molecule has 2 bridgehead atoms. The zero-order chi connectivity index (χ0) is 16.5. The van der Waals surface area contributed by atoms with Crippen LogP contribution >= 0.6 is 0 Å². The lowest BCUT2D eigenvalue weighted by Crippen LogP contribution is -2.07. The van der Waals surface area contributed by atoms with Crippen LogP contribution in [0.1, 0.15) is 24.1 Å². The molecule has 4 heterocycles. The molecular weight excluding hydrogens is 308 g/mol. The lowest BCUT2D eigenvalue weighted by Gasteiger charge is -2.08. The van der Waals surface area contributed by atoms with Gasteiger partial charge in [0.2, 0.25) is 0 Å². The van der Waals surface area contributed by atoms with Gasteiger partial charge in [0.25, 0.3) is 6.01 Å². The van der Waals surface area contributed by atoms with Gasteiger partial charge in [0, 0.05) is 6.20 Å². The molecule has 8 heteroatoms. The summed E-state index contributed by atoms with van der Waals surface area (Å²) in [5, 5.41) is 10.2. The highest BCUT2D eigenvalue weighted by molar-refractivity contribution is 5.83. The maximum Gasteiger partial charge on any atom is 0.320 e. The van der Waals surface area contributed by atoms with Gasteiger partial charge in [-0.15, -0.1) is 0 Å². The second kappa shape index (κ2) is 5.80. The number of imidazole rings is 1. The Kier molecular flexibility index (Phi) is 3.49. The van der Waals surface area contributed by atoms with Crippen molar-refractivity contribution in [3.63, 3.8) is 0 Å². The van der Waals surface area contributed by atoms with Gasteiger partial charge < -0.3 is 15.6 Å². The third-order valence-corrected chi connectivity index (χ3v) is 3.86. The zero-order valence-corrected chi connectivity index (χ0v) is 12.9. The van der Waals surface area contributed by atoms with Crippen molar-refractivity contribution in [3.8, 4) is 12.0 Å². The summed E-state index contributed by atoms with van der Waals surface area (Å²) in [6.45, 7) is 0.800. The summed E-state index contributed by atoms with van der Waals surface area (Å²) in [6.07, 6.45) is 7.53. The van der Waals surface area contributed by atoms with Gasteiger partial charge in [0.15, 0.2) is 17.0 Å². The molecule has 4 rings (SSSR count). The molecule has 3 N–H and O–H groups in total. The van der Waals surface area contributed by atoms with Crippen molar-refractivity contribution in [3.05, 3.63) is 35.7 Å². The molecule has 3 aromatic heterocycles. The van der Waals surface area contributed by atoms with E-state index in [0.717, 1.165) is 24.1 Å². The van der Waals surface area contributed by atoms with E-state index in [4.69, 9.17) is 10.5 Å². The summed E-state index contributed by atoms with van der Waals surface area (Å²) in [4.78, 5) is 16.9. The van der Waals surface area contributed by atoms with Crippen molar-refractivity contribution in [2.24, 2.45) is 0 Å². The summed E-state index contributed by atoms with van der Waals surface area (Å²) in [7, 11) is 0. The monoisotopic (exact) mass is 324 g/mol. The van der Waals surface area contributed by atoms with E-state index in [2.05, 4.69) is 26.0 Å². The SMILES string of the molecule is Nc1nc2nc3c1nc(O)n3Cc1ncccc1/C=C\CCCO2. The van der Waals surface area contributed by atoms with Gasteiger partial charge in [-0.2, -0.15) is 15.0 Å². The van der Waals surface area contributed by atoms with Gasteiger partial charge in [-0.1, -0.05) is 18.2 Å². The highest BCUT2D eigenvalue weighted by atomic mass is 16.5. The fourth-order valence-corrected chi connectivity index (χ4v) is 2.66. The topological polar surface area (TPSA) is 112 Å². The van der Waals surface area contributed by atoms with Crippen LogP contribution in [0.4, 0.5) is 5.82 Å². The van der Waals surface area contributed by atoms with Crippen molar-refractivity contribution in [1.29, 1.82) is 0 Å². The smallest absolute Gasteiger partial charge is 0.320 e. The van der Waals surface area contributed by atoms with E-state index in [0.29, 0.717) is 24.3 Å². The summed E-state index contributed by atoms with van der Waals surface area (Å²) in [6, 6.07) is 3.87. The molecule has 0 aromatic carbocycles. The number of fused-ring (bicyclic) bond motifs is 2. The Morgan fingerprint density at radius 2 is 2.17 bits per heavy atom. The maximum absolute atomic E-state index is 10.2.